The summed E-state index contributed by atoms with van der Waals surface area (Å²) in [6, 6.07) is 11.6. The maximum Gasteiger partial charge on any atom is 0.238 e. The summed E-state index contributed by atoms with van der Waals surface area (Å²) in [5.41, 5.74) is 1.81. The molecule has 2 aromatic carbocycles. The second kappa shape index (κ2) is 8.61. The Balaban J connectivity index is 1.44. The van der Waals surface area contributed by atoms with Crippen molar-refractivity contribution in [1.29, 1.82) is 0 Å². The molecule has 0 aliphatic carbocycles. The zero-order valence-corrected chi connectivity index (χ0v) is 16.8. The fourth-order valence-electron chi connectivity index (χ4n) is 3.92. The summed E-state index contributed by atoms with van der Waals surface area (Å²) in [6.45, 7) is 2.35. The van der Waals surface area contributed by atoms with Gasteiger partial charge in [-0.15, -0.1) is 0 Å². The van der Waals surface area contributed by atoms with Crippen LogP contribution in [-0.4, -0.2) is 51.3 Å². The van der Waals surface area contributed by atoms with E-state index in [0.717, 1.165) is 36.4 Å². The normalized spacial score (nSPS) is 18.3. The number of likely N-dealkylation sites (tertiary alicyclic amines) is 1. The first-order valence-corrected chi connectivity index (χ1v) is 9.83. The van der Waals surface area contributed by atoms with Crippen molar-refractivity contribution in [2.75, 3.05) is 45.8 Å². The quantitative estimate of drug-likeness (QED) is 0.806. The molecule has 1 saturated heterocycles. The first-order valence-electron chi connectivity index (χ1n) is 9.83. The average Bonchev–Trinajstić information content (AvgIpc) is 3.20. The molecule has 1 amide bonds. The van der Waals surface area contributed by atoms with E-state index in [9.17, 15) is 4.79 Å². The first kappa shape index (κ1) is 19.4. The molecule has 0 aromatic heterocycles. The number of nitrogens with one attached hydrogen (secondary N) is 1. The lowest BCUT2D eigenvalue weighted by Gasteiger charge is -2.26. The third kappa shape index (κ3) is 4.40. The fourth-order valence-corrected chi connectivity index (χ4v) is 3.92. The van der Waals surface area contributed by atoms with Crippen LogP contribution >= 0.6 is 0 Å². The van der Waals surface area contributed by atoms with Crippen molar-refractivity contribution < 1.29 is 23.7 Å². The largest absolute Gasteiger partial charge is 0.497 e. The molecule has 0 spiro atoms. The van der Waals surface area contributed by atoms with Gasteiger partial charge in [0.1, 0.15) is 24.7 Å². The number of rotatable bonds is 6. The van der Waals surface area contributed by atoms with Gasteiger partial charge in [0, 0.05) is 29.9 Å². The summed E-state index contributed by atoms with van der Waals surface area (Å²) in [4.78, 5) is 14.9. The minimum Gasteiger partial charge on any atom is -0.497 e. The molecule has 0 bridgehead atoms. The van der Waals surface area contributed by atoms with E-state index >= 15 is 0 Å². The predicted molar refractivity (Wildman–Crippen MR) is 109 cm³/mol. The number of carbonyl (C=O) groups excluding carboxylic acids is 1. The van der Waals surface area contributed by atoms with Crippen LogP contribution in [0.5, 0.6) is 23.0 Å². The van der Waals surface area contributed by atoms with Crippen molar-refractivity contribution in [3.8, 4) is 23.0 Å². The van der Waals surface area contributed by atoms with E-state index in [1.807, 2.05) is 12.1 Å². The van der Waals surface area contributed by atoms with Crippen molar-refractivity contribution in [2.24, 2.45) is 0 Å². The monoisotopic (exact) mass is 398 g/mol. The SMILES string of the molecule is COc1cc(NC(=O)CN2CCCC2c2ccc3c(c2)OCCO3)cc(OC)c1. The standard InChI is InChI=1S/C22H26N2O5/c1-26-17-11-16(12-18(13-17)27-2)23-22(25)14-24-7-3-4-19(24)15-5-6-20-21(10-15)29-9-8-28-20/h5-6,10-13,19H,3-4,7-9,14H2,1-2H3,(H,23,25). The molecular weight excluding hydrogens is 372 g/mol. The molecule has 1 unspecified atom stereocenters. The third-order valence-electron chi connectivity index (χ3n) is 5.30. The topological polar surface area (TPSA) is 69.3 Å². The molecule has 4 rings (SSSR count). The van der Waals surface area contributed by atoms with Crippen molar-refractivity contribution >= 4 is 11.6 Å². The smallest absolute Gasteiger partial charge is 0.238 e. The molecule has 1 fully saturated rings. The van der Waals surface area contributed by atoms with Gasteiger partial charge in [0.2, 0.25) is 5.91 Å². The lowest BCUT2D eigenvalue weighted by molar-refractivity contribution is -0.117. The Kier molecular flexibility index (Phi) is 5.76. The Morgan fingerprint density at radius 2 is 1.79 bits per heavy atom. The molecule has 29 heavy (non-hydrogen) atoms. The molecule has 7 nitrogen and oxygen atoms in total. The van der Waals surface area contributed by atoms with E-state index in [1.54, 1.807) is 32.4 Å². The summed E-state index contributed by atoms with van der Waals surface area (Å²) in [7, 11) is 3.17. The second-order valence-electron chi connectivity index (χ2n) is 7.18. The van der Waals surface area contributed by atoms with Crippen molar-refractivity contribution in [3.05, 3.63) is 42.0 Å². The van der Waals surface area contributed by atoms with Gasteiger partial charge < -0.3 is 24.3 Å². The summed E-state index contributed by atoms with van der Waals surface area (Å²) in [5.74, 6) is 2.78. The van der Waals surface area contributed by atoms with Crippen molar-refractivity contribution in [2.45, 2.75) is 18.9 Å². The van der Waals surface area contributed by atoms with Crippen molar-refractivity contribution in [3.63, 3.8) is 0 Å². The van der Waals surface area contributed by atoms with Gasteiger partial charge in [-0.25, -0.2) is 0 Å². The number of methoxy groups -OCH3 is 2. The lowest BCUT2D eigenvalue weighted by Crippen LogP contribution is -2.33. The van der Waals surface area contributed by atoms with Crippen LogP contribution in [0.2, 0.25) is 0 Å². The van der Waals surface area contributed by atoms with E-state index in [2.05, 4.69) is 16.3 Å². The molecule has 2 aliphatic heterocycles. The number of fused-ring (bicyclic) bond motifs is 1. The fraction of sp³-hybridized carbons (Fsp3) is 0.409. The van der Waals surface area contributed by atoms with E-state index in [1.165, 1.54) is 0 Å². The molecule has 1 N–H and O–H groups in total. The number of anilines is 1. The number of ether oxygens (including phenoxy) is 4. The number of hydrogen-bond acceptors (Lipinski definition) is 6. The van der Waals surface area contributed by atoms with Crippen LogP contribution in [0.3, 0.4) is 0 Å². The molecule has 7 heteroatoms. The Morgan fingerprint density at radius 3 is 2.52 bits per heavy atom. The van der Waals surface area contributed by atoms with Crippen LogP contribution in [0.15, 0.2) is 36.4 Å². The summed E-state index contributed by atoms with van der Waals surface area (Å²) >= 11 is 0. The highest BCUT2D eigenvalue weighted by Crippen LogP contribution is 2.38. The number of benzene rings is 2. The molecule has 2 aromatic rings. The minimum absolute atomic E-state index is 0.0650. The van der Waals surface area contributed by atoms with E-state index in [-0.39, 0.29) is 11.9 Å². The number of carbonyl (C=O) groups is 1. The number of amides is 1. The maximum absolute atomic E-state index is 12.7. The first-order chi connectivity index (χ1) is 14.2. The van der Waals surface area contributed by atoms with E-state index < -0.39 is 0 Å². The van der Waals surface area contributed by atoms with Crippen LogP contribution in [0.4, 0.5) is 5.69 Å². The second-order valence-corrected chi connectivity index (χ2v) is 7.18. The highest BCUT2D eigenvalue weighted by atomic mass is 16.6. The van der Waals surface area contributed by atoms with Crippen LogP contribution in [0.25, 0.3) is 0 Å². The summed E-state index contributed by atoms with van der Waals surface area (Å²) in [5, 5.41) is 2.95. The van der Waals surface area contributed by atoms with Gasteiger partial charge in [-0.3, -0.25) is 9.69 Å². The van der Waals surface area contributed by atoms with Gasteiger partial charge in [-0.05, 0) is 37.1 Å². The van der Waals surface area contributed by atoms with Crippen LogP contribution < -0.4 is 24.3 Å². The average molecular weight is 398 g/mol. The third-order valence-corrected chi connectivity index (χ3v) is 5.30. The van der Waals surface area contributed by atoms with Gasteiger partial charge in [-0.1, -0.05) is 6.07 Å². The Bertz CT molecular complexity index is 863. The molecule has 0 saturated carbocycles. The Hall–Kier alpha value is -2.93. The zero-order valence-electron chi connectivity index (χ0n) is 16.8. The highest BCUT2D eigenvalue weighted by Gasteiger charge is 2.28. The van der Waals surface area contributed by atoms with Crippen molar-refractivity contribution in [1.82, 2.24) is 4.90 Å². The summed E-state index contributed by atoms with van der Waals surface area (Å²) in [6.07, 6.45) is 2.07. The van der Waals surface area contributed by atoms with Crippen LogP contribution in [0, 0.1) is 0 Å². The van der Waals surface area contributed by atoms with E-state index in [4.69, 9.17) is 18.9 Å². The molecule has 1 atom stereocenters. The molecule has 2 aliphatic rings. The number of hydrogen-bond donors (Lipinski definition) is 1. The lowest BCUT2D eigenvalue weighted by atomic mass is 10.0. The maximum atomic E-state index is 12.7. The molecule has 154 valence electrons. The van der Waals surface area contributed by atoms with Gasteiger partial charge in [-0.2, -0.15) is 0 Å². The summed E-state index contributed by atoms with van der Waals surface area (Å²) < 4.78 is 21.9. The predicted octanol–water partition coefficient (Wildman–Crippen LogP) is 3.25. The Labute approximate surface area is 170 Å². The van der Waals surface area contributed by atoms with Gasteiger partial charge >= 0.3 is 0 Å². The molecular formula is C22H26N2O5. The highest BCUT2D eigenvalue weighted by molar-refractivity contribution is 5.92. The Morgan fingerprint density at radius 1 is 1.07 bits per heavy atom. The van der Waals surface area contributed by atoms with Gasteiger partial charge in [0.15, 0.2) is 11.5 Å². The molecule has 2 heterocycles. The van der Waals surface area contributed by atoms with Gasteiger partial charge in [0.25, 0.3) is 0 Å². The van der Waals surface area contributed by atoms with Crippen LogP contribution in [0.1, 0.15) is 24.4 Å². The van der Waals surface area contributed by atoms with Crippen LogP contribution in [-0.2, 0) is 4.79 Å². The minimum atomic E-state index is -0.0650. The van der Waals surface area contributed by atoms with Gasteiger partial charge in [0.05, 0.1) is 20.8 Å². The zero-order chi connectivity index (χ0) is 20.2. The van der Waals surface area contributed by atoms with E-state index in [0.29, 0.717) is 36.9 Å². The number of nitrogens with zero attached hydrogens (tertiary/aromatic N) is 1. The molecule has 0 radical (unpaired) electrons.